The first-order valence-electron chi connectivity index (χ1n) is 6.28. The molecule has 0 aromatic carbocycles. The summed E-state index contributed by atoms with van der Waals surface area (Å²) >= 11 is 6.08. The van der Waals surface area contributed by atoms with Gasteiger partial charge >= 0.3 is 0 Å². The van der Waals surface area contributed by atoms with Gasteiger partial charge in [-0.15, -0.1) is 0 Å². The summed E-state index contributed by atoms with van der Waals surface area (Å²) in [5, 5.41) is 7.02. The topological polar surface area (TPSA) is 59.1 Å². The first-order valence-corrected chi connectivity index (χ1v) is 6.66. The maximum atomic E-state index is 6.08. The summed E-state index contributed by atoms with van der Waals surface area (Å²) in [6.45, 7) is 2.96. The fourth-order valence-corrected chi connectivity index (χ4v) is 2.01. The van der Waals surface area contributed by atoms with Crippen LogP contribution in [0.3, 0.4) is 0 Å². The lowest BCUT2D eigenvalue weighted by molar-refractivity contribution is 0.0328. The number of halogens is 1. The van der Waals surface area contributed by atoms with E-state index in [-0.39, 0.29) is 0 Å². The van der Waals surface area contributed by atoms with Crippen LogP contribution in [-0.4, -0.2) is 35.8 Å². The highest BCUT2D eigenvalue weighted by Crippen LogP contribution is 2.28. The maximum Gasteiger partial charge on any atom is 0.224 e. The highest BCUT2D eigenvalue weighted by atomic mass is 35.5. The molecule has 100 valence electrons. The van der Waals surface area contributed by atoms with Crippen LogP contribution >= 0.6 is 11.6 Å². The van der Waals surface area contributed by atoms with E-state index in [9.17, 15) is 0 Å². The molecule has 1 aromatic rings. The number of hydrogen-bond donors (Lipinski definition) is 2. The van der Waals surface area contributed by atoms with Crippen LogP contribution in [0.4, 0.5) is 11.8 Å². The van der Waals surface area contributed by atoms with Crippen molar-refractivity contribution in [3.05, 3.63) is 11.2 Å². The van der Waals surface area contributed by atoms with Gasteiger partial charge in [-0.1, -0.05) is 18.5 Å². The molecule has 2 rings (SSSR count). The lowest BCUT2D eigenvalue weighted by atomic mass is 9.89. The van der Waals surface area contributed by atoms with Crippen molar-refractivity contribution >= 4 is 23.4 Å². The lowest BCUT2D eigenvalue weighted by Crippen LogP contribution is -2.40. The minimum atomic E-state index is 0.362. The van der Waals surface area contributed by atoms with E-state index in [1.54, 1.807) is 13.3 Å². The minimum absolute atomic E-state index is 0.362. The Morgan fingerprint density at radius 1 is 1.50 bits per heavy atom. The molecule has 2 N–H and O–H groups in total. The van der Waals surface area contributed by atoms with E-state index in [0.29, 0.717) is 28.9 Å². The summed E-state index contributed by atoms with van der Waals surface area (Å²) in [7, 11) is 1.74. The van der Waals surface area contributed by atoms with Crippen LogP contribution in [0.15, 0.2) is 6.20 Å². The lowest BCUT2D eigenvalue weighted by Gasteiger charge is -2.35. The Labute approximate surface area is 112 Å². The summed E-state index contributed by atoms with van der Waals surface area (Å²) in [4.78, 5) is 8.52. The predicted octanol–water partition coefficient (Wildman–Crippen LogP) is 2.54. The quantitative estimate of drug-likeness (QED) is 0.832. The highest BCUT2D eigenvalue weighted by Gasteiger charge is 2.29. The van der Waals surface area contributed by atoms with Crippen molar-refractivity contribution in [3.8, 4) is 0 Å². The van der Waals surface area contributed by atoms with Crippen molar-refractivity contribution in [2.24, 2.45) is 0 Å². The van der Waals surface area contributed by atoms with Crippen molar-refractivity contribution in [1.29, 1.82) is 0 Å². The van der Waals surface area contributed by atoms with Crippen LogP contribution in [0, 0.1) is 0 Å². The SMILES string of the molecule is CCCNc1ncc(Cl)c(NC2CC(OC)C2)n1. The molecule has 0 unspecified atom stereocenters. The normalized spacial score (nSPS) is 22.4. The Bertz CT molecular complexity index is 396. The van der Waals surface area contributed by atoms with Gasteiger partial charge in [0.05, 0.1) is 12.3 Å². The monoisotopic (exact) mass is 270 g/mol. The maximum absolute atomic E-state index is 6.08. The van der Waals surface area contributed by atoms with E-state index in [1.165, 1.54) is 0 Å². The first-order chi connectivity index (χ1) is 8.72. The Morgan fingerprint density at radius 2 is 2.28 bits per heavy atom. The third-order valence-electron chi connectivity index (χ3n) is 3.05. The molecule has 0 bridgehead atoms. The molecule has 1 fully saturated rings. The molecule has 0 spiro atoms. The molecule has 1 aliphatic rings. The van der Waals surface area contributed by atoms with Gasteiger partial charge in [0.15, 0.2) is 5.82 Å². The van der Waals surface area contributed by atoms with Gasteiger partial charge in [-0.2, -0.15) is 4.98 Å². The molecule has 1 saturated carbocycles. The van der Waals surface area contributed by atoms with Gasteiger partial charge in [-0.25, -0.2) is 4.98 Å². The zero-order chi connectivity index (χ0) is 13.0. The molecule has 1 aromatic heterocycles. The third-order valence-corrected chi connectivity index (χ3v) is 3.32. The summed E-state index contributed by atoms with van der Waals surface area (Å²) in [6.07, 6.45) is 5.01. The number of ether oxygens (including phenoxy) is 1. The number of rotatable bonds is 6. The zero-order valence-electron chi connectivity index (χ0n) is 10.7. The van der Waals surface area contributed by atoms with Crippen LogP contribution in [0.1, 0.15) is 26.2 Å². The first kappa shape index (κ1) is 13.4. The van der Waals surface area contributed by atoms with E-state index in [2.05, 4.69) is 27.5 Å². The van der Waals surface area contributed by atoms with Gasteiger partial charge in [-0.3, -0.25) is 0 Å². The molecule has 6 heteroatoms. The average molecular weight is 271 g/mol. The van der Waals surface area contributed by atoms with Crippen molar-refractivity contribution in [1.82, 2.24) is 9.97 Å². The van der Waals surface area contributed by atoms with E-state index < -0.39 is 0 Å². The van der Waals surface area contributed by atoms with Gasteiger partial charge in [0, 0.05) is 19.7 Å². The number of anilines is 2. The Kier molecular flexibility index (Phi) is 4.60. The van der Waals surface area contributed by atoms with Crippen molar-refractivity contribution < 1.29 is 4.74 Å². The predicted molar refractivity (Wildman–Crippen MR) is 73.3 cm³/mol. The van der Waals surface area contributed by atoms with Crippen molar-refractivity contribution in [2.75, 3.05) is 24.3 Å². The minimum Gasteiger partial charge on any atom is -0.381 e. The van der Waals surface area contributed by atoms with Gasteiger partial charge in [0.1, 0.15) is 5.02 Å². The summed E-state index contributed by atoms with van der Waals surface area (Å²) in [5.74, 6) is 1.32. The van der Waals surface area contributed by atoms with Crippen molar-refractivity contribution in [2.45, 2.75) is 38.3 Å². The number of aromatic nitrogens is 2. The highest BCUT2D eigenvalue weighted by molar-refractivity contribution is 6.32. The molecule has 0 atom stereocenters. The van der Waals surface area contributed by atoms with Crippen molar-refractivity contribution in [3.63, 3.8) is 0 Å². The number of nitrogens with one attached hydrogen (secondary N) is 2. The number of methoxy groups -OCH3 is 1. The Balaban J connectivity index is 1.94. The average Bonchev–Trinajstić information content (AvgIpc) is 2.33. The fraction of sp³-hybridized carbons (Fsp3) is 0.667. The Hall–Kier alpha value is -1.07. The van der Waals surface area contributed by atoms with Gasteiger partial charge in [-0.05, 0) is 19.3 Å². The summed E-state index contributed by atoms with van der Waals surface area (Å²) < 4.78 is 5.24. The van der Waals surface area contributed by atoms with E-state index in [0.717, 1.165) is 25.8 Å². The fourth-order valence-electron chi connectivity index (χ4n) is 1.86. The van der Waals surface area contributed by atoms with Gasteiger partial charge in [0.25, 0.3) is 0 Å². The number of hydrogen-bond acceptors (Lipinski definition) is 5. The van der Waals surface area contributed by atoms with Crippen LogP contribution in [0.2, 0.25) is 5.02 Å². The van der Waals surface area contributed by atoms with Crippen LogP contribution in [0.25, 0.3) is 0 Å². The van der Waals surface area contributed by atoms with Crippen LogP contribution < -0.4 is 10.6 Å². The van der Waals surface area contributed by atoms with Crippen LogP contribution in [0.5, 0.6) is 0 Å². The molecule has 1 aliphatic carbocycles. The van der Waals surface area contributed by atoms with Gasteiger partial charge in [0.2, 0.25) is 5.95 Å². The van der Waals surface area contributed by atoms with E-state index >= 15 is 0 Å². The molecule has 0 aliphatic heterocycles. The second-order valence-corrected chi connectivity index (χ2v) is 4.89. The third kappa shape index (κ3) is 3.23. The zero-order valence-corrected chi connectivity index (χ0v) is 11.5. The molecule has 0 saturated heterocycles. The summed E-state index contributed by atoms with van der Waals surface area (Å²) in [6, 6.07) is 0.390. The molecule has 0 radical (unpaired) electrons. The second kappa shape index (κ2) is 6.20. The molecule has 1 heterocycles. The Morgan fingerprint density at radius 3 is 2.94 bits per heavy atom. The van der Waals surface area contributed by atoms with Gasteiger partial charge < -0.3 is 15.4 Å². The molecular formula is C12H19ClN4O. The number of nitrogens with zero attached hydrogens (tertiary/aromatic N) is 2. The molecule has 18 heavy (non-hydrogen) atoms. The molecule has 0 amide bonds. The largest absolute Gasteiger partial charge is 0.381 e. The van der Waals surface area contributed by atoms with Crippen LogP contribution in [-0.2, 0) is 4.74 Å². The summed E-state index contributed by atoms with van der Waals surface area (Å²) in [5.41, 5.74) is 0. The van der Waals surface area contributed by atoms with E-state index in [1.807, 2.05) is 0 Å². The standard InChI is InChI=1S/C12H19ClN4O/c1-3-4-14-12-15-7-10(13)11(17-12)16-8-5-9(6-8)18-2/h7-9H,3-6H2,1-2H3,(H2,14,15,16,17). The molecule has 5 nitrogen and oxygen atoms in total. The smallest absolute Gasteiger partial charge is 0.224 e. The second-order valence-electron chi connectivity index (χ2n) is 4.49. The van der Waals surface area contributed by atoms with E-state index in [4.69, 9.17) is 16.3 Å². The molecular weight excluding hydrogens is 252 g/mol.